The fourth-order valence-electron chi connectivity index (χ4n) is 3.05. The van der Waals surface area contributed by atoms with Crippen LogP contribution in [0.4, 0.5) is 11.4 Å². The molecule has 2 aromatic carbocycles. The third-order valence-corrected chi connectivity index (χ3v) is 4.61. The van der Waals surface area contributed by atoms with Gasteiger partial charge in [-0.3, -0.25) is 4.98 Å². The Kier molecular flexibility index (Phi) is 6.27. The Hall–Kier alpha value is -3.77. The minimum atomic E-state index is 0.161. The molecule has 30 heavy (non-hydrogen) atoms. The van der Waals surface area contributed by atoms with Crippen LogP contribution in [0.5, 0.6) is 0 Å². The van der Waals surface area contributed by atoms with Crippen LogP contribution < -0.4 is 5.32 Å². The van der Waals surface area contributed by atoms with Gasteiger partial charge in [0.1, 0.15) is 0 Å². The Morgan fingerprint density at radius 3 is 2.50 bits per heavy atom. The van der Waals surface area contributed by atoms with E-state index in [0.717, 1.165) is 40.3 Å². The van der Waals surface area contributed by atoms with Gasteiger partial charge in [-0.2, -0.15) is 0 Å². The number of aromatic nitrogens is 4. The summed E-state index contributed by atoms with van der Waals surface area (Å²) < 4.78 is 1.75. The topological polar surface area (TPSA) is 75.9 Å². The van der Waals surface area contributed by atoms with E-state index in [1.54, 1.807) is 17.1 Å². The molecular formula is C24H23N5O. The first-order valence-corrected chi connectivity index (χ1v) is 9.88. The second kappa shape index (κ2) is 9.62. The minimum Gasteiger partial charge on any atom is -0.396 e. The van der Waals surface area contributed by atoms with Crippen LogP contribution in [0.25, 0.3) is 17.8 Å². The lowest BCUT2D eigenvalue weighted by Crippen LogP contribution is -1.96. The van der Waals surface area contributed by atoms with Gasteiger partial charge in [-0.25, -0.2) is 4.68 Å². The Labute approximate surface area is 175 Å². The molecular weight excluding hydrogens is 374 g/mol. The van der Waals surface area contributed by atoms with Crippen molar-refractivity contribution in [1.82, 2.24) is 20.0 Å². The van der Waals surface area contributed by atoms with E-state index in [9.17, 15) is 0 Å². The predicted molar refractivity (Wildman–Crippen MR) is 120 cm³/mol. The van der Waals surface area contributed by atoms with E-state index < -0.39 is 0 Å². The molecule has 0 aliphatic rings. The number of benzene rings is 2. The van der Waals surface area contributed by atoms with E-state index in [2.05, 4.69) is 44.9 Å². The van der Waals surface area contributed by atoms with Gasteiger partial charge >= 0.3 is 0 Å². The summed E-state index contributed by atoms with van der Waals surface area (Å²) in [4.78, 5) is 4.04. The summed E-state index contributed by atoms with van der Waals surface area (Å²) in [6, 6.07) is 20.2. The molecule has 0 fully saturated rings. The molecule has 2 heterocycles. The zero-order valence-corrected chi connectivity index (χ0v) is 16.5. The van der Waals surface area contributed by atoms with Crippen LogP contribution in [-0.4, -0.2) is 31.7 Å². The maximum atomic E-state index is 8.93. The Morgan fingerprint density at radius 1 is 0.900 bits per heavy atom. The van der Waals surface area contributed by atoms with Crippen molar-refractivity contribution in [2.45, 2.75) is 12.8 Å². The maximum absolute atomic E-state index is 8.93. The normalized spacial score (nSPS) is 11.1. The monoisotopic (exact) mass is 397 g/mol. The molecule has 0 atom stereocenters. The zero-order valence-electron chi connectivity index (χ0n) is 16.5. The van der Waals surface area contributed by atoms with Crippen molar-refractivity contribution in [2.24, 2.45) is 0 Å². The van der Waals surface area contributed by atoms with Crippen molar-refractivity contribution >= 4 is 23.5 Å². The fraction of sp³-hybridized carbons (Fsp3) is 0.125. The highest BCUT2D eigenvalue weighted by Gasteiger charge is 2.03. The summed E-state index contributed by atoms with van der Waals surface area (Å²) in [6.07, 6.45) is 11.1. The first-order chi connectivity index (χ1) is 14.8. The molecule has 6 nitrogen and oxygen atoms in total. The SMILES string of the molecule is OCCCc1cn(-c2ccc(Nc3cccc(C=Cc4ccncc4)c3)cc2)nn1. The summed E-state index contributed by atoms with van der Waals surface area (Å²) in [5, 5.41) is 20.7. The number of nitrogens with one attached hydrogen (secondary N) is 1. The first-order valence-electron chi connectivity index (χ1n) is 9.88. The van der Waals surface area contributed by atoms with Crippen LogP contribution in [0.2, 0.25) is 0 Å². The first kappa shape index (κ1) is 19.5. The van der Waals surface area contributed by atoms with Crippen molar-refractivity contribution in [1.29, 1.82) is 0 Å². The molecule has 6 heteroatoms. The van der Waals surface area contributed by atoms with Crippen LogP contribution in [0.3, 0.4) is 0 Å². The van der Waals surface area contributed by atoms with Crippen LogP contribution >= 0.6 is 0 Å². The Morgan fingerprint density at radius 2 is 1.70 bits per heavy atom. The van der Waals surface area contributed by atoms with E-state index in [1.807, 2.05) is 54.7 Å². The number of hydrogen-bond acceptors (Lipinski definition) is 5. The van der Waals surface area contributed by atoms with Gasteiger partial charge in [0.2, 0.25) is 0 Å². The average Bonchev–Trinajstić information content (AvgIpc) is 3.27. The van der Waals surface area contributed by atoms with Crippen molar-refractivity contribution in [3.05, 3.63) is 96.1 Å². The highest BCUT2D eigenvalue weighted by atomic mass is 16.2. The maximum Gasteiger partial charge on any atom is 0.0832 e. The van der Waals surface area contributed by atoms with E-state index in [4.69, 9.17) is 5.11 Å². The number of rotatable bonds is 8. The van der Waals surface area contributed by atoms with Crippen LogP contribution in [0.1, 0.15) is 23.2 Å². The summed E-state index contributed by atoms with van der Waals surface area (Å²) >= 11 is 0. The van der Waals surface area contributed by atoms with Crippen molar-refractivity contribution in [3.8, 4) is 5.69 Å². The smallest absolute Gasteiger partial charge is 0.0832 e. The molecule has 0 aliphatic heterocycles. The van der Waals surface area contributed by atoms with E-state index in [-0.39, 0.29) is 6.61 Å². The number of hydrogen-bond donors (Lipinski definition) is 2. The lowest BCUT2D eigenvalue weighted by molar-refractivity contribution is 0.288. The third kappa shape index (κ3) is 5.18. The molecule has 2 aromatic heterocycles. The molecule has 4 rings (SSSR count). The molecule has 4 aromatic rings. The van der Waals surface area contributed by atoms with Crippen molar-refractivity contribution < 1.29 is 5.11 Å². The van der Waals surface area contributed by atoms with E-state index >= 15 is 0 Å². The summed E-state index contributed by atoms with van der Waals surface area (Å²) in [5.74, 6) is 0. The van der Waals surface area contributed by atoms with Gasteiger partial charge < -0.3 is 10.4 Å². The Bertz CT molecular complexity index is 1100. The van der Waals surface area contributed by atoms with Gasteiger partial charge in [0.05, 0.1) is 17.6 Å². The second-order valence-electron chi connectivity index (χ2n) is 6.89. The van der Waals surface area contributed by atoms with Gasteiger partial charge in [-0.15, -0.1) is 5.10 Å². The van der Waals surface area contributed by atoms with Gasteiger partial charge in [-0.05, 0) is 72.5 Å². The number of pyridine rings is 1. The number of aliphatic hydroxyl groups excluding tert-OH is 1. The summed E-state index contributed by atoms with van der Waals surface area (Å²) in [6.45, 7) is 0.161. The standard InChI is InChI=1S/C24H23N5O/c30-16-2-5-23-18-29(28-27-23)24-10-8-21(9-11-24)26-22-4-1-3-20(17-22)7-6-19-12-14-25-15-13-19/h1,3-4,6-15,17-18,26,30H,2,5,16H2. The molecule has 150 valence electrons. The number of anilines is 2. The van der Waals surface area contributed by atoms with E-state index in [1.165, 1.54) is 0 Å². The third-order valence-electron chi connectivity index (χ3n) is 4.61. The van der Waals surface area contributed by atoms with Crippen molar-refractivity contribution in [3.63, 3.8) is 0 Å². The zero-order chi connectivity index (χ0) is 20.6. The number of aliphatic hydroxyl groups is 1. The molecule has 0 aliphatic carbocycles. The van der Waals surface area contributed by atoms with Gasteiger partial charge in [0.15, 0.2) is 0 Å². The van der Waals surface area contributed by atoms with Gasteiger partial charge in [0.25, 0.3) is 0 Å². The van der Waals surface area contributed by atoms with Gasteiger partial charge in [0, 0.05) is 30.4 Å². The highest BCUT2D eigenvalue weighted by Crippen LogP contribution is 2.20. The van der Waals surface area contributed by atoms with E-state index in [0.29, 0.717) is 6.42 Å². The molecule has 0 bridgehead atoms. The predicted octanol–water partition coefficient (Wildman–Crippen LogP) is 4.50. The highest BCUT2D eigenvalue weighted by molar-refractivity contribution is 5.72. The molecule has 0 unspecified atom stereocenters. The number of nitrogens with zero attached hydrogens (tertiary/aromatic N) is 4. The number of aryl methyl sites for hydroxylation is 1. The fourth-order valence-corrected chi connectivity index (χ4v) is 3.05. The quantitative estimate of drug-likeness (QED) is 0.458. The molecule has 2 N–H and O–H groups in total. The molecule has 0 saturated carbocycles. The largest absolute Gasteiger partial charge is 0.396 e. The van der Waals surface area contributed by atoms with Gasteiger partial charge in [-0.1, -0.05) is 29.5 Å². The molecule has 0 spiro atoms. The van der Waals surface area contributed by atoms with Crippen LogP contribution in [0.15, 0.2) is 79.3 Å². The van der Waals surface area contributed by atoms with Crippen molar-refractivity contribution in [2.75, 3.05) is 11.9 Å². The van der Waals surface area contributed by atoms with Crippen LogP contribution in [-0.2, 0) is 6.42 Å². The lowest BCUT2D eigenvalue weighted by Gasteiger charge is -2.08. The Balaban J connectivity index is 1.42. The molecule has 0 saturated heterocycles. The summed E-state index contributed by atoms with van der Waals surface area (Å²) in [5.41, 5.74) is 6.07. The molecule has 0 radical (unpaired) electrons. The second-order valence-corrected chi connectivity index (χ2v) is 6.89. The molecule has 0 amide bonds. The minimum absolute atomic E-state index is 0.161. The lowest BCUT2D eigenvalue weighted by atomic mass is 10.1. The average molecular weight is 397 g/mol. The summed E-state index contributed by atoms with van der Waals surface area (Å²) in [7, 11) is 0. The van der Waals surface area contributed by atoms with Crippen LogP contribution in [0, 0.1) is 0 Å².